The van der Waals surface area contributed by atoms with E-state index in [9.17, 15) is 13.2 Å². The Morgan fingerprint density at radius 3 is 2.35 bits per heavy atom. The molecule has 1 amide bonds. The fourth-order valence-electron chi connectivity index (χ4n) is 4.40. The first-order chi connectivity index (χ1) is 15.0. The van der Waals surface area contributed by atoms with Gasteiger partial charge in [-0.2, -0.15) is 4.31 Å². The Hall–Kier alpha value is -2.58. The second-order valence-electron chi connectivity index (χ2n) is 7.95. The summed E-state index contributed by atoms with van der Waals surface area (Å²) in [5.74, 6) is 0.741. The van der Waals surface area contributed by atoms with E-state index in [2.05, 4.69) is 4.90 Å². The molecule has 1 unspecified atom stereocenters. The smallest absolute Gasteiger partial charge is 0.243 e. The fourth-order valence-corrected chi connectivity index (χ4v) is 6.07. The van der Waals surface area contributed by atoms with Gasteiger partial charge < -0.3 is 14.5 Å². The molecule has 2 aromatic carbocycles. The molecule has 2 aromatic rings. The molecule has 4 rings (SSSR count). The zero-order chi connectivity index (χ0) is 21.8. The lowest BCUT2D eigenvalue weighted by Gasteiger charge is -2.29. The van der Waals surface area contributed by atoms with Crippen LogP contribution in [0.1, 0.15) is 19.3 Å². The van der Waals surface area contributed by atoms with Crippen LogP contribution in [0.25, 0.3) is 0 Å². The molecule has 2 aliphatic heterocycles. The molecule has 1 atom stereocenters. The lowest BCUT2D eigenvalue weighted by Crippen LogP contribution is -2.48. The van der Waals surface area contributed by atoms with Crippen molar-refractivity contribution in [3.63, 3.8) is 0 Å². The second kappa shape index (κ2) is 9.28. The van der Waals surface area contributed by atoms with Crippen molar-refractivity contribution in [2.75, 3.05) is 44.7 Å². The molecule has 0 N–H and O–H groups in total. The van der Waals surface area contributed by atoms with Gasteiger partial charge in [-0.15, -0.1) is 0 Å². The van der Waals surface area contributed by atoms with Crippen molar-refractivity contribution in [1.29, 1.82) is 0 Å². The van der Waals surface area contributed by atoms with Crippen LogP contribution in [0.3, 0.4) is 0 Å². The number of amides is 1. The molecule has 0 bridgehead atoms. The molecular formula is C23H29N3O4S. The van der Waals surface area contributed by atoms with E-state index < -0.39 is 16.1 Å². The van der Waals surface area contributed by atoms with Crippen LogP contribution in [0.2, 0.25) is 0 Å². The number of sulfonamides is 1. The summed E-state index contributed by atoms with van der Waals surface area (Å²) in [5.41, 5.74) is 1.10. The van der Waals surface area contributed by atoms with E-state index in [1.54, 1.807) is 37.4 Å². The molecule has 0 saturated carbocycles. The minimum Gasteiger partial charge on any atom is -0.497 e. The summed E-state index contributed by atoms with van der Waals surface area (Å²) in [6.45, 7) is 3.18. The Morgan fingerprint density at radius 1 is 0.903 bits per heavy atom. The monoisotopic (exact) mass is 443 g/mol. The highest BCUT2D eigenvalue weighted by Crippen LogP contribution is 2.28. The van der Waals surface area contributed by atoms with Gasteiger partial charge >= 0.3 is 0 Å². The maximum absolute atomic E-state index is 13.4. The Labute approximate surface area is 184 Å². The van der Waals surface area contributed by atoms with Gasteiger partial charge in [-0.05, 0) is 55.7 Å². The standard InChI is InChI=1S/C23H29N3O4S/c1-30-20-12-10-19(11-13-20)24-14-6-15-25(18-17-24)23(27)22-9-5-16-26(22)31(28,29)21-7-3-2-4-8-21/h2-4,7-8,10-13,22H,5-6,9,14-18H2,1H3. The number of hydrogen-bond donors (Lipinski definition) is 0. The van der Waals surface area contributed by atoms with Gasteiger partial charge in [-0.1, -0.05) is 18.2 Å². The summed E-state index contributed by atoms with van der Waals surface area (Å²) in [7, 11) is -2.03. The lowest BCUT2D eigenvalue weighted by atomic mass is 10.2. The molecule has 2 heterocycles. The van der Waals surface area contributed by atoms with E-state index in [0.717, 1.165) is 30.9 Å². The van der Waals surface area contributed by atoms with Gasteiger partial charge in [0.2, 0.25) is 15.9 Å². The summed E-state index contributed by atoms with van der Waals surface area (Å²) in [6.07, 6.45) is 2.12. The van der Waals surface area contributed by atoms with Gasteiger partial charge in [-0.3, -0.25) is 4.79 Å². The molecule has 31 heavy (non-hydrogen) atoms. The molecule has 2 fully saturated rings. The highest BCUT2D eigenvalue weighted by molar-refractivity contribution is 7.89. The molecule has 0 spiro atoms. The lowest BCUT2D eigenvalue weighted by molar-refractivity contribution is -0.134. The van der Waals surface area contributed by atoms with E-state index in [4.69, 9.17) is 4.74 Å². The summed E-state index contributed by atoms with van der Waals surface area (Å²) >= 11 is 0. The van der Waals surface area contributed by atoms with Crippen molar-refractivity contribution in [1.82, 2.24) is 9.21 Å². The average molecular weight is 444 g/mol. The van der Waals surface area contributed by atoms with Crippen molar-refractivity contribution < 1.29 is 17.9 Å². The van der Waals surface area contributed by atoms with Crippen LogP contribution in [-0.2, 0) is 14.8 Å². The summed E-state index contributed by atoms with van der Waals surface area (Å²) in [6, 6.07) is 15.7. The van der Waals surface area contributed by atoms with Gasteiger partial charge in [0.1, 0.15) is 11.8 Å². The number of ether oxygens (including phenoxy) is 1. The van der Waals surface area contributed by atoms with Crippen molar-refractivity contribution >= 4 is 21.6 Å². The molecule has 0 aliphatic carbocycles. The maximum Gasteiger partial charge on any atom is 0.243 e. The van der Waals surface area contributed by atoms with Gasteiger partial charge in [0, 0.05) is 38.4 Å². The number of nitrogens with zero attached hydrogens (tertiary/aromatic N) is 3. The molecule has 2 aliphatic rings. The van der Waals surface area contributed by atoms with E-state index in [1.165, 1.54) is 4.31 Å². The number of benzene rings is 2. The van der Waals surface area contributed by atoms with Crippen LogP contribution in [-0.4, -0.2) is 69.4 Å². The topological polar surface area (TPSA) is 70.2 Å². The van der Waals surface area contributed by atoms with Crippen molar-refractivity contribution in [2.24, 2.45) is 0 Å². The third kappa shape index (κ3) is 4.55. The third-order valence-electron chi connectivity index (χ3n) is 6.08. The van der Waals surface area contributed by atoms with Crippen LogP contribution >= 0.6 is 0 Å². The van der Waals surface area contributed by atoms with Crippen molar-refractivity contribution in [3.05, 3.63) is 54.6 Å². The normalized spacial score (nSPS) is 20.5. The third-order valence-corrected chi connectivity index (χ3v) is 8.01. The largest absolute Gasteiger partial charge is 0.497 e. The van der Waals surface area contributed by atoms with Crippen LogP contribution in [0.15, 0.2) is 59.5 Å². The molecule has 0 aromatic heterocycles. The first-order valence-corrected chi connectivity index (χ1v) is 12.2. The number of rotatable bonds is 5. The van der Waals surface area contributed by atoms with Gasteiger partial charge in [0.05, 0.1) is 12.0 Å². The Morgan fingerprint density at radius 2 is 1.65 bits per heavy atom. The number of hydrogen-bond acceptors (Lipinski definition) is 5. The van der Waals surface area contributed by atoms with E-state index in [0.29, 0.717) is 32.5 Å². The predicted octanol–water partition coefficient (Wildman–Crippen LogP) is 2.59. The Balaban J connectivity index is 1.45. The van der Waals surface area contributed by atoms with Crippen LogP contribution in [0.5, 0.6) is 5.75 Å². The second-order valence-corrected chi connectivity index (χ2v) is 9.84. The zero-order valence-electron chi connectivity index (χ0n) is 17.8. The van der Waals surface area contributed by atoms with Crippen LogP contribution in [0, 0.1) is 0 Å². The molecule has 8 heteroatoms. The Bertz CT molecular complexity index is 995. The van der Waals surface area contributed by atoms with Gasteiger partial charge in [0.25, 0.3) is 0 Å². The molecule has 0 radical (unpaired) electrons. The SMILES string of the molecule is COc1ccc(N2CCCN(C(=O)C3CCCN3S(=O)(=O)c3ccccc3)CC2)cc1. The van der Waals surface area contributed by atoms with Crippen molar-refractivity contribution in [2.45, 2.75) is 30.2 Å². The first kappa shape index (κ1) is 21.6. The molecule has 166 valence electrons. The van der Waals surface area contributed by atoms with E-state index in [1.807, 2.05) is 29.2 Å². The molecular weight excluding hydrogens is 414 g/mol. The molecule has 7 nitrogen and oxygen atoms in total. The molecule has 2 saturated heterocycles. The van der Waals surface area contributed by atoms with Crippen LogP contribution in [0.4, 0.5) is 5.69 Å². The zero-order valence-corrected chi connectivity index (χ0v) is 18.6. The van der Waals surface area contributed by atoms with Gasteiger partial charge in [0.15, 0.2) is 0 Å². The predicted molar refractivity (Wildman–Crippen MR) is 120 cm³/mol. The summed E-state index contributed by atoms with van der Waals surface area (Å²) < 4.78 is 32.9. The van der Waals surface area contributed by atoms with Crippen LogP contribution < -0.4 is 9.64 Å². The fraction of sp³-hybridized carbons (Fsp3) is 0.435. The first-order valence-electron chi connectivity index (χ1n) is 10.8. The highest BCUT2D eigenvalue weighted by atomic mass is 32.2. The van der Waals surface area contributed by atoms with E-state index in [-0.39, 0.29) is 10.8 Å². The van der Waals surface area contributed by atoms with Crippen molar-refractivity contribution in [3.8, 4) is 5.75 Å². The Kier molecular flexibility index (Phi) is 6.48. The number of carbonyl (C=O) groups excluding carboxylic acids is 1. The summed E-state index contributed by atoms with van der Waals surface area (Å²) in [4.78, 5) is 17.7. The highest BCUT2D eigenvalue weighted by Gasteiger charge is 2.41. The number of methoxy groups -OCH3 is 1. The number of carbonyl (C=O) groups is 1. The quantitative estimate of drug-likeness (QED) is 0.711. The minimum atomic E-state index is -3.68. The summed E-state index contributed by atoms with van der Waals surface area (Å²) in [5, 5.41) is 0. The maximum atomic E-state index is 13.4. The minimum absolute atomic E-state index is 0.0754. The average Bonchev–Trinajstić information content (AvgIpc) is 3.18. The number of anilines is 1. The van der Waals surface area contributed by atoms with Gasteiger partial charge in [-0.25, -0.2) is 8.42 Å². The van der Waals surface area contributed by atoms with E-state index >= 15 is 0 Å².